The van der Waals surface area contributed by atoms with Gasteiger partial charge in [-0.15, -0.1) is 0 Å². The van der Waals surface area contributed by atoms with Crippen LogP contribution < -0.4 is 10.5 Å². The summed E-state index contributed by atoms with van der Waals surface area (Å²) in [6, 6.07) is 6.17. The van der Waals surface area contributed by atoms with Gasteiger partial charge in [-0.1, -0.05) is 6.07 Å². The summed E-state index contributed by atoms with van der Waals surface area (Å²) in [5.41, 5.74) is 8.51. The van der Waals surface area contributed by atoms with Crippen molar-refractivity contribution in [3.05, 3.63) is 29.3 Å². The number of carbonyl (C=O) groups is 1. The number of carbonyl (C=O) groups excluding carboxylic acids is 1. The summed E-state index contributed by atoms with van der Waals surface area (Å²) in [5.74, 6) is 0.364. The van der Waals surface area contributed by atoms with E-state index in [0.717, 1.165) is 19.3 Å². The van der Waals surface area contributed by atoms with Gasteiger partial charge in [-0.05, 0) is 49.4 Å². The van der Waals surface area contributed by atoms with Crippen LogP contribution in [0.2, 0.25) is 0 Å². The number of esters is 1. The van der Waals surface area contributed by atoms with Crippen LogP contribution in [0, 0.1) is 0 Å². The highest BCUT2D eigenvalue weighted by Gasteiger charge is 2.16. The summed E-state index contributed by atoms with van der Waals surface area (Å²) in [7, 11) is 0. The number of ether oxygens (including phenoxy) is 2. The molecule has 1 aromatic rings. The highest BCUT2D eigenvalue weighted by Crippen LogP contribution is 2.24. The van der Waals surface area contributed by atoms with Crippen molar-refractivity contribution in [2.75, 3.05) is 13.2 Å². The van der Waals surface area contributed by atoms with Crippen LogP contribution in [0.4, 0.5) is 0 Å². The van der Waals surface area contributed by atoms with Crippen LogP contribution in [0.1, 0.15) is 24.5 Å². The van der Waals surface area contributed by atoms with Crippen molar-refractivity contribution in [3.63, 3.8) is 0 Å². The van der Waals surface area contributed by atoms with Gasteiger partial charge >= 0.3 is 5.97 Å². The van der Waals surface area contributed by atoms with E-state index in [-0.39, 0.29) is 18.6 Å². The molecular formula is C14H19NO3. The summed E-state index contributed by atoms with van der Waals surface area (Å²) < 4.78 is 10.2. The average molecular weight is 249 g/mol. The van der Waals surface area contributed by atoms with E-state index >= 15 is 0 Å². The van der Waals surface area contributed by atoms with E-state index in [1.165, 1.54) is 11.1 Å². The lowest BCUT2D eigenvalue weighted by Crippen LogP contribution is -2.27. The van der Waals surface area contributed by atoms with Crippen molar-refractivity contribution in [2.45, 2.75) is 32.2 Å². The number of aryl methyl sites for hydroxylation is 1. The van der Waals surface area contributed by atoms with Gasteiger partial charge < -0.3 is 15.2 Å². The van der Waals surface area contributed by atoms with Gasteiger partial charge in [-0.2, -0.15) is 0 Å². The molecule has 1 atom stereocenters. The lowest BCUT2D eigenvalue weighted by molar-refractivity contribution is -0.145. The maximum absolute atomic E-state index is 11.2. The predicted molar refractivity (Wildman–Crippen MR) is 68.6 cm³/mol. The molecule has 1 aliphatic rings. The van der Waals surface area contributed by atoms with Crippen molar-refractivity contribution >= 4 is 5.97 Å². The number of rotatable bonds is 4. The van der Waals surface area contributed by atoms with Gasteiger partial charge in [0.25, 0.3) is 0 Å². The van der Waals surface area contributed by atoms with Gasteiger partial charge in [0.05, 0.1) is 6.61 Å². The Labute approximate surface area is 107 Å². The van der Waals surface area contributed by atoms with Gasteiger partial charge in [0.15, 0.2) is 6.61 Å². The third kappa shape index (κ3) is 3.23. The van der Waals surface area contributed by atoms with Gasteiger partial charge in [0.1, 0.15) is 5.75 Å². The Hall–Kier alpha value is -1.55. The first-order chi connectivity index (χ1) is 8.69. The minimum absolute atomic E-state index is 0.0430. The lowest BCUT2D eigenvalue weighted by Gasteiger charge is -2.21. The van der Waals surface area contributed by atoms with E-state index in [0.29, 0.717) is 12.4 Å². The van der Waals surface area contributed by atoms with Gasteiger partial charge in [-0.25, -0.2) is 4.79 Å². The summed E-state index contributed by atoms with van der Waals surface area (Å²) in [6.07, 6.45) is 2.94. The van der Waals surface area contributed by atoms with Crippen molar-refractivity contribution in [3.8, 4) is 5.75 Å². The number of hydrogen-bond donors (Lipinski definition) is 1. The Morgan fingerprint density at radius 3 is 3.06 bits per heavy atom. The smallest absolute Gasteiger partial charge is 0.344 e. The minimum atomic E-state index is -0.341. The van der Waals surface area contributed by atoms with E-state index in [1.807, 2.05) is 12.1 Å². The number of hydrogen-bond acceptors (Lipinski definition) is 4. The number of nitrogens with two attached hydrogens (primary N) is 1. The second-order valence-corrected chi connectivity index (χ2v) is 4.53. The summed E-state index contributed by atoms with van der Waals surface area (Å²) in [4.78, 5) is 11.2. The topological polar surface area (TPSA) is 61.5 Å². The Morgan fingerprint density at radius 1 is 1.44 bits per heavy atom. The molecule has 2 rings (SSSR count). The summed E-state index contributed by atoms with van der Waals surface area (Å²) in [6.45, 7) is 2.11. The van der Waals surface area contributed by atoms with Gasteiger partial charge in [0.2, 0.25) is 0 Å². The van der Waals surface area contributed by atoms with Gasteiger partial charge in [-0.3, -0.25) is 0 Å². The lowest BCUT2D eigenvalue weighted by atomic mass is 9.89. The van der Waals surface area contributed by atoms with Crippen molar-refractivity contribution < 1.29 is 14.3 Å². The molecule has 4 heteroatoms. The van der Waals surface area contributed by atoms with E-state index in [9.17, 15) is 4.79 Å². The molecule has 0 aromatic heterocycles. The SMILES string of the molecule is CCOC(=O)COc1ccc2c(c1)C[C@@H](N)CC2. The molecule has 18 heavy (non-hydrogen) atoms. The van der Waals surface area contributed by atoms with Crippen LogP contribution in [-0.4, -0.2) is 25.2 Å². The van der Waals surface area contributed by atoms with Gasteiger partial charge in [0, 0.05) is 6.04 Å². The molecule has 0 spiro atoms. The van der Waals surface area contributed by atoms with E-state index in [1.54, 1.807) is 6.92 Å². The molecule has 0 radical (unpaired) electrons. The molecule has 2 N–H and O–H groups in total. The third-order valence-corrected chi connectivity index (χ3v) is 3.11. The van der Waals surface area contributed by atoms with Crippen LogP contribution in [0.15, 0.2) is 18.2 Å². The van der Waals surface area contributed by atoms with E-state index in [4.69, 9.17) is 15.2 Å². The molecule has 0 fully saturated rings. The van der Waals surface area contributed by atoms with Crippen LogP contribution in [-0.2, 0) is 22.4 Å². The normalized spacial score (nSPS) is 18.0. The molecule has 0 saturated heterocycles. The minimum Gasteiger partial charge on any atom is -0.482 e. The highest BCUT2D eigenvalue weighted by atomic mass is 16.6. The van der Waals surface area contributed by atoms with Crippen LogP contribution in [0.5, 0.6) is 5.75 Å². The molecule has 98 valence electrons. The predicted octanol–water partition coefficient (Wildman–Crippen LogP) is 1.44. The average Bonchev–Trinajstić information content (AvgIpc) is 2.36. The monoisotopic (exact) mass is 249 g/mol. The maximum atomic E-state index is 11.2. The highest BCUT2D eigenvalue weighted by molar-refractivity contribution is 5.71. The molecular weight excluding hydrogens is 230 g/mol. The molecule has 0 amide bonds. The first-order valence-corrected chi connectivity index (χ1v) is 6.35. The number of benzene rings is 1. The fraction of sp³-hybridized carbons (Fsp3) is 0.500. The Morgan fingerprint density at radius 2 is 2.28 bits per heavy atom. The Balaban J connectivity index is 1.98. The van der Waals surface area contributed by atoms with Crippen LogP contribution in [0.25, 0.3) is 0 Å². The zero-order valence-electron chi connectivity index (χ0n) is 10.6. The molecule has 0 heterocycles. The van der Waals surface area contributed by atoms with Crippen molar-refractivity contribution in [2.24, 2.45) is 5.73 Å². The Bertz CT molecular complexity index is 431. The third-order valence-electron chi connectivity index (χ3n) is 3.11. The van der Waals surface area contributed by atoms with Crippen molar-refractivity contribution in [1.29, 1.82) is 0 Å². The zero-order valence-corrected chi connectivity index (χ0v) is 10.6. The standard InChI is InChI=1S/C14H19NO3/c1-2-17-14(16)9-18-13-6-4-10-3-5-12(15)7-11(10)8-13/h4,6,8,12H,2-3,5,7,9,15H2,1H3/t12-/m0/s1. The maximum Gasteiger partial charge on any atom is 0.344 e. The Kier molecular flexibility index (Phi) is 4.20. The van der Waals surface area contributed by atoms with Crippen LogP contribution in [0.3, 0.4) is 0 Å². The molecule has 4 nitrogen and oxygen atoms in total. The fourth-order valence-corrected chi connectivity index (χ4v) is 2.20. The van der Waals surface area contributed by atoms with Crippen LogP contribution >= 0.6 is 0 Å². The first-order valence-electron chi connectivity index (χ1n) is 6.35. The van der Waals surface area contributed by atoms with Crippen molar-refractivity contribution in [1.82, 2.24) is 0 Å². The second-order valence-electron chi connectivity index (χ2n) is 4.53. The molecule has 0 bridgehead atoms. The molecule has 0 unspecified atom stereocenters. The summed E-state index contributed by atoms with van der Waals surface area (Å²) in [5, 5.41) is 0. The van der Waals surface area contributed by atoms with E-state index in [2.05, 4.69) is 6.07 Å². The molecule has 0 aliphatic heterocycles. The quantitative estimate of drug-likeness (QED) is 0.820. The fourth-order valence-electron chi connectivity index (χ4n) is 2.20. The zero-order chi connectivity index (χ0) is 13.0. The summed E-state index contributed by atoms with van der Waals surface area (Å²) >= 11 is 0. The molecule has 0 saturated carbocycles. The molecule has 1 aliphatic carbocycles. The van der Waals surface area contributed by atoms with E-state index < -0.39 is 0 Å². The number of fused-ring (bicyclic) bond motifs is 1. The first kappa shape index (κ1) is 12.9. The molecule has 1 aromatic carbocycles. The largest absolute Gasteiger partial charge is 0.482 e. The second kappa shape index (κ2) is 5.87.